The molecule has 1 N–H and O–H groups in total. The lowest BCUT2D eigenvalue weighted by atomic mass is 10.2. The molecule has 0 amide bonds. The van der Waals surface area contributed by atoms with Crippen LogP contribution in [0.5, 0.6) is 0 Å². The summed E-state index contributed by atoms with van der Waals surface area (Å²) < 4.78 is 0. The van der Waals surface area contributed by atoms with Gasteiger partial charge in [0.2, 0.25) is 0 Å². The molecule has 0 atom stereocenters. The van der Waals surface area contributed by atoms with Crippen LogP contribution in [0.3, 0.4) is 0 Å². The van der Waals surface area contributed by atoms with Gasteiger partial charge in [-0.15, -0.1) is 11.6 Å². The first-order chi connectivity index (χ1) is 8.40. The topological polar surface area (TPSA) is 24.9 Å². The first kappa shape index (κ1) is 12.7. The van der Waals surface area contributed by atoms with Crippen LogP contribution in [0.15, 0.2) is 12.1 Å². The normalized spacial score (nSPS) is 13.7. The number of rotatable bonds is 7. The Morgan fingerprint density at radius 3 is 2.88 bits per heavy atom. The molecule has 1 aromatic rings. The number of fused-ring (bicyclic) bond motifs is 1. The Balaban J connectivity index is 1.69. The number of nitrogens with zero attached hydrogens (tertiary/aromatic N) is 1. The summed E-state index contributed by atoms with van der Waals surface area (Å²) in [6.07, 6.45) is 8.47. The molecule has 0 saturated carbocycles. The van der Waals surface area contributed by atoms with Gasteiger partial charge in [-0.2, -0.15) is 0 Å². The quantitative estimate of drug-likeness (QED) is 0.590. The van der Waals surface area contributed by atoms with E-state index in [0.717, 1.165) is 31.1 Å². The largest absolute Gasteiger partial charge is 0.370 e. The minimum atomic E-state index is 0.791. The van der Waals surface area contributed by atoms with E-state index in [9.17, 15) is 0 Å². The highest BCUT2D eigenvalue weighted by atomic mass is 35.5. The number of halogens is 1. The van der Waals surface area contributed by atoms with Crippen molar-refractivity contribution >= 4 is 17.4 Å². The Morgan fingerprint density at radius 1 is 1.12 bits per heavy atom. The predicted molar refractivity (Wildman–Crippen MR) is 73.9 cm³/mol. The van der Waals surface area contributed by atoms with Crippen molar-refractivity contribution in [2.24, 2.45) is 0 Å². The molecule has 0 unspecified atom stereocenters. The summed E-state index contributed by atoms with van der Waals surface area (Å²) >= 11 is 5.64. The molecule has 1 aliphatic rings. The molecule has 0 spiro atoms. The van der Waals surface area contributed by atoms with Crippen molar-refractivity contribution in [2.45, 2.75) is 44.9 Å². The number of unbranched alkanes of at least 4 members (excludes halogenated alkanes) is 3. The zero-order valence-corrected chi connectivity index (χ0v) is 11.1. The molecule has 2 rings (SSSR count). The van der Waals surface area contributed by atoms with E-state index in [4.69, 9.17) is 11.6 Å². The van der Waals surface area contributed by atoms with Crippen LogP contribution in [-0.4, -0.2) is 17.4 Å². The first-order valence-electron chi connectivity index (χ1n) is 6.69. The number of hydrogen-bond donors (Lipinski definition) is 1. The van der Waals surface area contributed by atoms with E-state index < -0.39 is 0 Å². The summed E-state index contributed by atoms with van der Waals surface area (Å²) in [6, 6.07) is 4.34. The summed E-state index contributed by atoms with van der Waals surface area (Å²) in [7, 11) is 0. The molecule has 0 fully saturated rings. The Bertz CT molecular complexity index is 352. The maximum absolute atomic E-state index is 5.64. The molecule has 0 bridgehead atoms. The summed E-state index contributed by atoms with van der Waals surface area (Å²) in [4.78, 5) is 4.66. The lowest BCUT2D eigenvalue weighted by molar-refractivity contribution is 0.686. The van der Waals surface area contributed by atoms with E-state index in [1.54, 1.807) is 0 Å². The summed E-state index contributed by atoms with van der Waals surface area (Å²) in [5, 5.41) is 3.41. The molecule has 0 saturated heterocycles. The van der Waals surface area contributed by atoms with Gasteiger partial charge in [0.25, 0.3) is 0 Å². The van der Waals surface area contributed by atoms with Gasteiger partial charge in [-0.05, 0) is 43.7 Å². The van der Waals surface area contributed by atoms with Crippen molar-refractivity contribution in [3.63, 3.8) is 0 Å². The second kappa shape index (κ2) is 6.85. The van der Waals surface area contributed by atoms with Gasteiger partial charge in [-0.3, -0.25) is 0 Å². The van der Waals surface area contributed by atoms with Gasteiger partial charge in [0.05, 0.1) is 0 Å². The summed E-state index contributed by atoms with van der Waals surface area (Å²) in [5.74, 6) is 1.84. The lowest BCUT2D eigenvalue weighted by Gasteiger charge is -2.07. The first-order valence-corrected chi connectivity index (χ1v) is 7.22. The highest BCUT2D eigenvalue weighted by molar-refractivity contribution is 6.17. The highest BCUT2D eigenvalue weighted by Gasteiger charge is 2.11. The average molecular weight is 253 g/mol. The van der Waals surface area contributed by atoms with E-state index in [2.05, 4.69) is 22.4 Å². The number of pyridine rings is 1. The molecule has 0 radical (unpaired) electrons. The monoisotopic (exact) mass is 252 g/mol. The van der Waals surface area contributed by atoms with E-state index in [1.165, 1.54) is 43.4 Å². The summed E-state index contributed by atoms with van der Waals surface area (Å²) in [5.41, 5.74) is 2.75. The van der Waals surface area contributed by atoms with Crippen LogP contribution in [0, 0.1) is 0 Å². The Labute approximate surface area is 109 Å². The molecule has 1 aliphatic carbocycles. The molecule has 0 aromatic carbocycles. The van der Waals surface area contributed by atoms with E-state index in [0.29, 0.717) is 0 Å². The zero-order chi connectivity index (χ0) is 11.9. The lowest BCUT2D eigenvalue weighted by Crippen LogP contribution is -2.04. The van der Waals surface area contributed by atoms with Gasteiger partial charge in [0.15, 0.2) is 0 Å². The third kappa shape index (κ3) is 3.88. The van der Waals surface area contributed by atoms with Crippen LogP contribution in [-0.2, 0) is 12.8 Å². The third-order valence-electron chi connectivity index (χ3n) is 3.29. The Kier molecular flexibility index (Phi) is 5.11. The van der Waals surface area contributed by atoms with Gasteiger partial charge in [0, 0.05) is 18.1 Å². The number of aromatic nitrogens is 1. The van der Waals surface area contributed by atoms with E-state index in [-0.39, 0.29) is 0 Å². The van der Waals surface area contributed by atoms with Gasteiger partial charge >= 0.3 is 0 Å². The highest BCUT2D eigenvalue weighted by Crippen LogP contribution is 2.21. The van der Waals surface area contributed by atoms with Gasteiger partial charge in [0.1, 0.15) is 5.82 Å². The molecular formula is C14H21ClN2. The van der Waals surface area contributed by atoms with Crippen LogP contribution >= 0.6 is 11.6 Å². The molecule has 1 aromatic heterocycles. The maximum Gasteiger partial charge on any atom is 0.126 e. The van der Waals surface area contributed by atoms with Crippen LogP contribution < -0.4 is 5.32 Å². The van der Waals surface area contributed by atoms with Crippen molar-refractivity contribution in [1.82, 2.24) is 4.98 Å². The maximum atomic E-state index is 5.64. The molecule has 94 valence electrons. The van der Waals surface area contributed by atoms with Crippen molar-refractivity contribution in [1.29, 1.82) is 0 Å². The van der Waals surface area contributed by atoms with Crippen LogP contribution in [0.1, 0.15) is 43.4 Å². The van der Waals surface area contributed by atoms with Gasteiger partial charge in [-0.25, -0.2) is 4.98 Å². The fourth-order valence-corrected chi connectivity index (χ4v) is 2.50. The van der Waals surface area contributed by atoms with E-state index >= 15 is 0 Å². The molecule has 1 heterocycles. The number of aryl methyl sites for hydroxylation is 2. The van der Waals surface area contributed by atoms with Crippen LogP contribution in [0.25, 0.3) is 0 Å². The molecule has 3 heteroatoms. The second-order valence-electron chi connectivity index (χ2n) is 4.69. The van der Waals surface area contributed by atoms with Crippen molar-refractivity contribution in [2.75, 3.05) is 17.7 Å². The SMILES string of the molecule is ClCCCCCCNc1ccc2c(n1)CCC2. The number of hydrogen-bond acceptors (Lipinski definition) is 2. The molecule has 2 nitrogen and oxygen atoms in total. The van der Waals surface area contributed by atoms with Crippen molar-refractivity contribution in [3.8, 4) is 0 Å². The fraction of sp³-hybridized carbons (Fsp3) is 0.643. The second-order valence-corrected chi connectivity index (χ2v) is 5.06. The number of alkyl halides is 1. The Morgan fingerprint density at radius 2 is 2.00 bits per heavy atom. The number of nitrogens with one attached hydrogen (secondary N) is 1. The molecule has 0 aliphatic heterocycles. The minimum absolute atomic E-state index is 0.791. The predicted octanol–water partition coefficient (Wildman–Crippen LogP) is 3.78. The van der Waals surface area contributed by atoms with Crippen LogP contribution in [0.4, 0.5) is 5.82 Å². The zero-order valence-electron chi connectivity index (χ0n) is 10.3. The third-order valence-corrected chi connectivity index (χ3v) is 3.56. The van der Waals surface area contributed by atoms with Crippen LogP contribution in [0.2, 0.25) is 0 Å². The fourth-order valence-electron chi connectivity index (χ4n) is 2.31. The van der Waals surface area contributed by atoms with Crippen molar-refractivity contribution in [3.05, 3.63) is 23.4 Å². The minimum Gasteiger partial charge on any atom is -0.370 e. The Hall–Kier alpha value is -0.760. The molecular weight excluding hydrogens is 232 g/mol. The standard InChI is InChI=1S/C14H21ClN2/c15-10-3-1-2-4-11-16-14-9-8-12-6-5-7-13(12)17-14/h8-9H,1-7,10-11H2,(H,16,17). The molecule has 17 heavy (non-hydrogen) atoms. The van der Waals surface area contributed by atoms with Gasteiger partial charge < -0.3 is 5.32 Å². The summed E-state index contributed by atoms with van der Waals surface area (Å²) in [6.45, 7) is 1.02. The number of anilines is 1. The average Bonchev–Trinajstić information content (AvgIpc) is 2.81. The van der Waals surface area contributed by atoms with Gasteiger partial charge in [-0.1, -0.05) is 18.9 Å². The van der Waals surface area contributed by atoms with Crippen molar-refractivity contribution < 1.29 is 0 Å². The van der Waals surface area contributed by atoms with E-state index in [1.807, 2.05) is 0 Å². The smallest absolute Gasteiger partial charge is 0.126 e.